The molecule has 218 valence electrons. The number of nitrogens with zero attached hydrogens (tertiary/aromatic N) is 1. The van der Waals surface area contributed by atoms with Crippen LogP contribution in [0.4, 0.5) is 13.2 Å². The van der Waals surface area contributed by atoms with Gasteiger partial charge in [-0.05, 0) is 49.0 Å². The minimum atomic E-state index is -4.46. The standard InChI is InChI=1S/C33H36F3NO2S2/c1-4-7-8-10-16-25(6-3)28(14-5-2)29(22-40-32-37-30(23-41-32)26-17-11-9-12-18-26)31(38)39-21-24-15-13-19-27(20-24)33(34,35)36/h6-13,15-20,23,28-29H,4-5,14,21-22H2,1-3H3/b8-7+,16-10-,25-6+. The third-order valence-corrected chi connectivity index (χ3v) is 8.64. The Morgan fingerprint density at radius 2 is 1.85 bits per heavy atom. The van der Waals surface area contributed by atoms with Crippen LogP contribution in [0, 0.1) is 11.8 Å². The number of benzene rings is 2. The molecule has 3 rings (SSSR count). The fraction of sp³-hybridized carbons (Fsp3) is 0.333. The zero-order valence-electron chi connectivity index (χ0n) is 23.6. The molecule has 0 spiro atoms. The van der Waals surface area contributed by atoms with Gasteiger partial charge in [-0.25, -0.2) is 4.98 Å². The van der Waals surface area contributed by atoms with E-state index >= 15 is 0 Å². The molecule has 1 aromatic heterocycles. The van der Waals surface area contributed by atoms with Gasteiger partial charge in [-0.15, -0.1) is 11.3 Å². The Morgan fingerprint density at radius 1 is 1.07 bits per heavy atom. The van der Waals surface area contributed by atoms with Crippen LogP contribution in [-0.2, 0) is 22.3 Å². The largest absolute Gasteiger partial charge is 0.461 e. The maximum atomic E-state index is 13.6. The molecule has 0 N–H and O–H groups in total. The van der Waals surface area contributed by atoms with Gasteiger partial charge >= 0.3 is 12.1 Å². The van der Waals surface area contributed by atoms with Crippen molar-refractivity contribution in [1.29, 1.82) is 0 Å². The predicted molar refractivity (Wildman–Crippen MR) is 164 cm³/mol. The summed E-state index contributed by atoms with van der Waals surface area (Å²) in [5.41, 5.74) is 2.47. The maximum Gasteiger partial charge on any atom is 0.416 e. The minimum Gasteiger partial charge on any atom is -0.461 e. The molecule has 0 saturated heterocycles. The first-order valence-electron chi connectivity index (χ1n) is 13.7. The predicted octanol–water partition coefficient (Wildman–Crippen LogP) is 10.2. The molecule has 3 aromatic rings. The summed E-state index contributed by atoms with van der Waals surface area (Å²) in [6.45, 7) is 5.87. The fourth-order valence-electron chi connectivity index (χ4n) is 4.40. The van der Waals surface area contributed by atoms with E-state index in [2.05, 4.69) is 19.9 Å². The first-order chi connectivity index (χ1) is 19.8. The van der Waals surface area contributed by atoms with Gasteiger partial charge < -0.3 is 4.74 Å². The van der Waals surface area contributed by atoms with E-state index in [9.17, 15) is 18.0 Å². The van der Waals surface area contributed by atoms with Gasteiger partial charge in [0.05, 0.1) is 17.2 Å². The number of thiazole rings is 1. The summed E-state index contributed by atoms with van der Waals surface area (Å²) >= 11 is 3.03. The molecule has 2 unspecified atom stereocenters. The van der Waals surface area contributed by atoms with Crippen LogP contribution in [0.15, 0.2) is 100 Å². The second kappa shape index (κ2) is 16.4. The zero-order valence-corrected chi connectivity index (χ0v) is 25.2. The number of hydrogen-bond acceptors (Lipinski definition) is 5. The van der Waals surface area contributed by atoms with Crippen molar-refractivity contribution in [2.75, 3.05) is 5.75 Å². The molecule has 41 heavy (non-hydrogen) atoms. The number of thioether (sulfide) groups is 1. The number of hydrogen-bond donors (Lipinski definition) is 0. The first-order valence-corrected chi connectivity index (χ1v) is 15.6. The topological polar surface area (TPSA) is 39.2 Å². The van der Waals surface area contributed by atoms with Gasteiger partial charge in [0, 0.05) is 16.7 Å². The highest BCUT2D eigenvalue weighted by Gasteiger charge is 2.32. The van der Waals surface area contributed by atoms with E-state index in [1.807, 2.05) is 66.9 Å². The van der Waals surface area contributed by atoms with E-state index in [1.165, 1.54) is 35.2 Å². The third kappa shape index (κ3) is 10.0. The molecule has 1 heterocycles. The number of allylic oxidation sites excluding steroid dienone is 6. The lowest BCUT2D eigenvalue weighted by atomic mass is 9.83. The van der Waals surface area contributed by atoms with Crippen molar-refractivity contribution in [3.63, 3.8) is 0 Å². The van der Waals surface area contributed by atoms with Crippen molar-refractivity contribution in [2.24, 2.45) is 11.8 Å². The van der Waals surface area contributed by atoms with Crippen LogP contribution in [0.5, 0.6) is 0 Å². The third-order valence-electron chi connectivity index (χ3n) is 6.50. The molecule has 3 nitrogen and oxygen atoms in total. The Hall–Kier alpha value is -3.10. The van der Waals surface area contributed by atoms with Crippen molar-refractivity contribution >= 4 is 29.1 Å². The van der Waals surface area contributed by atoms with Crippen molar-refractivity contribution < 1.29 is 22.7 Å². The first kappa shape index (κ1) is 32.4. The zero-order chi connectivity index (χ0) is 29.7. The van der Waals surface area contributed by atoms with Crippen LogP contribution in [0.1, 0.15) is 51.2 Å². The van der Waals surface area contributed by atoms with Gasteiger partial charge in [0.2, 0.25) is 0 Å². The number of rotatable bonds is 14. The van der Waals surface area contributed by atoms with Crippen molar-refractivity contribution in [1.82, 2.24) is 4.98 Å². The molecule has 0 aliphatic rings. The van der Waals surface area contributed by atoms with Crippen LogP contribution >= 0.6 is 23.1 Å². The molecule has 2 aromatic carbocycles. The lowest BCUT2D eigenvalue weighted by Gasteiger charge is -2.26. The summed E-state index contributed by atoms with van der Waals surface area (Å²) in [4.78, 5) is 18.4. The summed E-state index contributed by atoms with van der Waals surface area (Å²) in [5, 5.41) is 2.00. The second-order valence-electron chi connectivity index (χ2n) is 9.47. The highest BCUT2D eigenvalue weighted by atomic mass is 32.2. The molecule has 0 aliphatic carbocycles. The Morgan fingerprint density at radius 3 is 2.54 bits per heavy atom. The summed E-state index contributed by atoms with van der Waals surface area (Å²) in [6.07, 6.45) is 8.16. The Bertz CT molecular complexity index is 1330. The Kier molecular flexibility index (Phi) is 12.9. The number of halogens is 3. The van der Waals surface area contributed by atoms with E-state index in [0.717, 1.165) is 52.6 Å². The molecule has 0 saturated carbocycles. The number of carbonyl (C=O) groups excluding carboxylic acids is 1. The van der Waals surface area contributed by atoms with Crippen LogP contribution in [-0.4, -0.2) is 16.7 Å². The maximum absolute atomic E-state index is 13.6. The molecule has 2 atom stereocenters. The van der Waals surface area contributed by atoms with Gasteiger partial charge in [-0.1, -0.05) is 105 Å². The van der Waals surface area contributed by atoms with Gasteiger partial charge in [0.25, 0.3) is 0 Å². The smallest absolute Gasteiger partial charge is 0.416 e. The molecule has 0 amide bonds. The highest BCUT2D eigenvalue weighted by Crippen LogP contribution is 2.36. The van der Waals surface area contributed by atoms with Gasteiger partial charge in [0.15, 0.2) is 4.34 Å². The summed E-state index contributed by atoms with van der Waals surface area (Å²) in [5.74, 6) is -0.624. The lowest BCUT2D eigenvalue weighted by Crippen LogP contribution is -2.29. The molecular formula is C33H36F3NO2S2. The van der Waals surface area contributed by atoms with Gasteiger partial charge in [-0.3, -0.25) is 4.79 Å². The Labute approximate surface area is 249 Å². The van der Waals surface area contributed by atoms with Gasteiger partial charge in [0.1, 0.15) is 6.61 Å². The van der Waals surface area contributed by atoms with E-state index < -0.39 is 23.6 Å². The molecule has 0 fully saturated rings. The van der Waals surface area contributed by atoms with Crippen LogP contribution < -0.4 is 0 Å². The second-order valence-corrected chi connectivity index (χ2v) is 11.6. The minimum absolute atomic E-state index is 0.119. The quantitative estimate of drug-likeness (QED) is 0.105. The summed E-state index contributed by atoms with van der Waals surface area (Å²) < 4.78 is 46.1. The molecule has 0 aliphatic heterocycles. The number of esters is 1. The van der Waals surface area contributed by atoms with Crippen molar-refractivity contribution in [3.8, 4) is 11.3 Å². The van der Waals surface area contributed by atoms with Crippen molar-refractivity contribution in [2.45, 2.75) is 57.2 Å². The van der Waals surface area contributed by atoms with Gasteiger partial charge in [-0.2, -0.15) is 13.2 Å². The highest BCUT2D eigenvalue weighted by molar-refractivity contribution is 8.01. The average molecular weight is 600 g/mol. The molecule has 8 heteroatoms. The molecular weight excluding hydrogens is 563 g/mol. The fourth-order valence-corrected chi connectivity index (χ4v) is 6.43. The van der Waals surface area contributed by atoms with E-state index in [-0.39, 0.29) is 12.5 Å². The van der Waals surface area contributed by atoms with Crippen molar-refractivity contribution in [3.05, 3.63) is 107 Å². The lowest BCUT2D eigenvalue weighted by molar-refractivity contribution is -0.150. The summed E-state index contributed by atoms with van der Waals surface area (Å²) in [7, 11) is 0. The molecule has 0 radical (unpaired) electrons. The summed E-state index contributed by atoms with van der Waals surface area (Å²) in [6, 6.07) is 14.8. The normalized spacial score (nSPS) is 14.0. The number of aromatic nitrogens is 1. The average Bonchev–Trinajstić information content (AvgIpc) is 3.45. The monoisotopic (exact) mass is 599 g/mol. The number of alkyl halides is 3. The SMILES string of the molecule is C\C=C(/C=C\C=C\CC)C(CCC)C(CSc1nc(-c2ccccc2)cs1)C(=O)OCc1cccc(C(F)(F)F)c1. The number of ether oxygens (including phenoxy) is 1. The van der Waals surface area contributed by atoms with Crippen LogP contribution in [0.2, 0.25) is 0 Å². The molecule has 0 bridgehead atoms. The Balaban J connectivity index is 1.84. The van der Waals surface area contributed by atoms with Crippen LogP contribution in [0.25, 0.3) is 11.3 Å². The van der Waals surface area contributed by atoms with E-state index in [4.69, 9.17) is 9.72 Å². The van der Waals surface area contributed by atoms with Crippen LogP contribution in [0.3, 0.4) is 0 Å². The van der Waals surface area contributed by atoms with E-state index in [1.54, 1.807) is 0 Å². The van der Waals surface area contributed by atoms with E-state index in [0.29, 0.717) is 11.3 Å². The number of carbonyl (C=O) groups is 1.